The Hall–Kier alpha value is -2.49. The fraction of sp³-hybridized carbons (Fsp3) is 0.0714. The van der Waals surface area contributed by atoms with Crippen molar-refractivity contribution in [2.45, 2.75) is 0 Å². The monoisotopic (exact) mass is 240 g/mol. The number of hydrogen-bond acceptors (Lipinski definition) is 4. The first-order chi connectivity index (χ1) is 8.76. The molecule has 2 N–H and O–H groups in total. The maximum atomic E-state index is 5.73. The number of furan rings is 1. The molecule has 3 aromatic rings. The number of fused-ring (bicyclic) bond motifs is 1. The van der Waals surface area contributed by atoms with Gasteiger partial charge in [-0.1, -0.05) is 0 Å². The summed E-state index contributed by atoms with van der Waals surface area (Å²) >= 11 is 0. The summed E-state index contributed by atoms with van der Waals surface area (Å²) in [6, 6.07) is 11.1. The summed E-state index contributed by atoms with van der Waals surface area (Å²) in [6.07, 6.45) is 1.67. The van der Waals surface area contributed by atoms with Gasteiger partial charge in [-0.05, 0) is 36.4 Å². The SMILES string of the molecule is COc1ccc2oc(-c3cc(N)ccn3)cc2c1. The lowest BCUT2D eigenvalue weighted by Gasteiger charge is -1.97. The van der Waals surface area contributed by atoms with Gasteiger partial charge in [-0.3, -0.25) is 4.98 Å². The normalized spacial score (nSPS) is 10.7. The molecular formula is C14H12N2O2. The maximum Gasteiger partial charge on any atom is 0.153 e. The number of hydrogen-bond donors (Lipinski definition) is 1. The van der Waals surface area contributed by atoms with Gasteiger partial charge >= 0.3 is 0 Å². The van der Waals surface area contributed by atoms with Crippen LogP contribution >= 0.6 is 0 Å². The minimum absolute atomic E-state index is 0.665. The fourth-order valence-corrected chi connectivity index (χ4v) is 1.86. The van der Waals surface area contributed by atoms with E-state index >= 15 is 0 Å². The van der Waals surface area contributed by atoms with Gasteiger partial charge < -0.3 is 14.9 Å². The van der Waals surface area contributed by atoms with Crippen LogP contribution in [0.15, 0.2) is 47.0 Å². The van der Waals surface area contributed by atoms with Crippen molar-refractivity contribution in [2.75, 3.05) is 12.8 Å². The Bertz CT molecular complexity index is 704. The van der Waals surface area contributed by atoms with Crippen LogP contribution in [0.2, 0.25) is 0 Å². The van der Waals surface area contributed by atoms with Crippen molar-refractivity contribution in [3.63, 3.8) is 0 Å². The van der Waals surface area contributed by atoms with Gasteiger partial charge in [0.15, 0.2) is 5.76 Å². The van der Waals surface area contributed by atoms with Crippen LogP contribution in [0, 0.1) is 0 Å². The highest BCUT2D eigenvalue weighted by Gasteiger charge is 2.08. The average molecular weight is 240 g/mol. The minimum Gasteiger partial charge on any atom is -0.497 e. The van der Waals surface area contributed by atoms with Crippen LogP contribution in [0.1, 0.15) is 0 Å². The predicted molar refractivity (Wildman–Crippen MR) is 70.4 cm³/mol. The summed E-state index contributed by atoms with van der Waals surface area (Å²) in [5.74, 6) is 1.50. The summed E-state index contributed by atoms with van der Waals surface area (Å²) in [5, 5.41) is 0.980. The molecule has 0 aliphatic carbocycles. The molecule has 4 nitrogen and oxygen atoms in total. The second-order valence-corrected chi connectivity index (χ2v) is 3.99. The Balaban J connectivity index is 2.13. The van der Waals surface area contributed by atoms with E-state index in [2.05, 4.69) is 4.98 Å². The highest BCUT2D eigenvalue weighted by Crippen LogP contribution is 2.29. The maximum absolute atomic E-state index is 5.73. The highest BCUT2D eigenvalue weighted by molar-refractivity contribution is 5.83. The third-order valence-corrected chi connectivity index (χ3v) is 2.76. The van der Waals surface area contributed by atoms with Gasteiger partial charge in [-0.25, -0.2) is 0 Å². The van der Waals surface area contributed by atoms with Crippen LogP contribution < -0.4 is 10.5 Å². The Morgan fingerprint density at radius 3 is 2.83 bits per heavy atom. The van der Waals surface area contributed by atoms with Gasteiger partial charge in [-0.15, -0.1) is 0 Å². The van der Waals surface area contributed by atoms with Crippen LogP contribution in [0.5, 0.6) is 5.75 Å². The lowest BCUT2D eigenvalue weighted by atomic mass is 10.2. The number of aromatic nitrogens is 1. The van der Waals surface area contributed by atoms with Gasteiger partial charge in [0.25, 0.3) is 0 Å². The second kappa shape index (κ2) is 4.07. The molecule has 0 aliphatic rings. The lowest BCUT2D eigenvalue weighted by molar-refractivity contribution is 0.415. The Kier molecular flexibility index (Phi) is 2.41. The lowest BCUT2D eigenvalue weighted by Crippen LogP contribution is -1.86. The number of rotatable bonds is 2. The van der Waals surface area contributed by atoms with Crippen LogP contribution in [0.25, 0.3) is 22.4 Å². The van der Waals surface area contributed by atoms with E-state index < -0.39 is 0 Å². The molecule has 2 heterocycles. The van der Waals surface area contributed by atoms with E-state index in [-0.39, 0.29) is 0 Å². The molecule has 1 aromatic carbocycles. The van der Waals surface area contributed by atoms with E-state index in [1.165, 1.54) is 0 Å². The van der Waals surface area contributed by atoms with Crippen molar-refractivity contribution in [1.82, 2.24) is 4.98 Å². The zero-order chi connectivity index (χ0) is 12.5. The first kappa shape index (κ1) is 10.7. The van der Waals surface area contributed by atoms with E-state index in [0.717, 1.165) is 22.4 Å². The fourth-order valence-electron chi connectivity index (χ4n) is 1.86. The van der Waals surface area contributed by atoms with E-state index in [4.69, 9.17) is 14.9 Å². The Morgan fingerprint density at radius 2 is 2.06 bits per heavy atom. The molecule has 2 aromatic heterocycles. The van der Waals surface area contributed by atoms with Crippen molar-refractivity contribution in [2.24, 2.45) is 0 Å². The van der Waals surface area contributed by atoms with E-state index in [1.54, 1.807) is 25.4 Å². The van der Waals surface area contributed by atoms with E-state index in [0.29, 0.717) is 11.4 Å². The number of benzene rings is 1. The largest absolute Gasteiger partial charge is 0.497 e. The van der Waals surface area contributed by atoms with Crippen LogP contribution in [0.4, 0.5) is 5.69 Å². The second-order valence-electron chi connectivity index (χ2n) is 3.99. The number of pyridine rings is 1. The number of ether oxygens (including phenoxy) is 1. The molecule has 90 valence electrons. The summed E-state index contributed by atoms with van der Waals surface area (Å²) in [5.41, 5.74) is 7.93. The number of nitrogen functional groups attached to an aromatic ring is 1. The molecule has 0 atom stereocenters. The molecular weight excluding hydrogens is 228 g/mol. The van der Waals surface area contributed by atoms with Crippen molar-refractivity contribution in [3.05, 3.63) is 42.6 Å². The third-order valence-electron chi connectivity index (χ3n) is 2.76. The number of anilines is 1. The molecule has 0 radical (unpaired) electrons. The zero-order valence-corrected chi connectivity index (χ0v) is 9.88. The van der Waals surface area contributed by atoms with Crippen LogP contribution in [-0.2, 0) is 0 Å². The van der Waals surface area contributed by atoms with Crippen molar-refractivity contribution in [3.8, 4) is 17.2 Å². The van der Waals surface area contributed by atoms with Gasteiger partial charge in [0.05, 0.1) is 7.11 Å². The predicted octanol–water partition coefficient (Wildman–Crippen LogP) is 3.09. The van der Waals surface area contributed by atoms with Gasteiger partial charge in [0.2, 0.25) is 0 Å². The topological polar surface area (TPSA) is 61.3 Å². The summed E-state index contributed by atoms with van der Waals surface area (Å²) in [4.78, 5) is 4.24. The molecule has 0 aliphatic heterocycles. The van der Waals surface area contributed by atoms with Crippen molar-refractivity contribution >= 4 is 16.7 Å². The Labute approximate surface area is 104 Å². The van der Waals surface area contributed by atoms with Crippen molar-refractivity contribution in [1.29, 1.82) is 0 Å². The number of nitrogens with two attached hydrogens (primary N) is 1. The molecule has 0 unspecified atom stereocenters. The van der Waals surface area contributed by atoms with Gasteiger partial charge in [-0.2, -0.15) is 0 Å². The minimum atomic E-state index is 0.665. The molecule has 3 rings (SSSR count). The van der Waals surface area contributed by atoms with Crippen molar-refractivity contribution < 1.29 is 9.15 Å². The summed E-state index contributed by atoms with van der Waals surface area (Å²) in [6.45, 7) is 0. The summed E-state index contributed by atoms with van der Waals surface area (Å²) < 4.78 is 10.9. The molecule has 0 saturated heterocycles. The first-order valence-corrected chi connectivity index (χ1v) is 5.56. The molecule has 18 heavy (non-hydrogen) atoms. The van der Waals surface area contributed by atoms with Gasteiger partial charge in [0, 0.05) is 17.3 Å². The summed E-state index contributed by atoms with van der Waals surface area (Å²) in [7, 11) is 1.64. The molecule has 0 bridgehead atoms. The molecule has 0 saturated carbocycles. The molecule has 4 heteroatoms. The van der Waals surface area contributed by atoms with E-state index in [9.17, 15) is 0 Å². The quantitative estimate of drug-likeness (QED) is 0.747. The zero-order valence-electron chi connectivity index (χ0n) is 9.88. The van der Waals surface area contributed by atoms with E-state index in [1.807, 2.05) is 24.3 Å². The standard InChI is InChI=1S/C14H12N2O2/c1-17-11-2-3-13-9(6-11)7-14(18-13)12-8-10(15)4-5-16-12/h2-8H,1H3,(H2,15,16). The Morgan fingerprint density at radius 1 is 1.17 bits per heavy atom. The molecule has 0 fully saturated rings. The van der Waals surface area contributed by atoms with Crippen LogP contribution in [0.3, 0.4) is 0 Å². The number of methoxy groups -OCH3 is 1. The third kappa shape index (κ3) is 1.78. The smallest absolute Gasteiger partial charge is 0.153 e. The van der Waals surface area contributed by atoms with Gasteiger partial charge in [0.1, 0.15) is 17.0 Å². The molecule has 0 spiro atoms. The number of nitrogens with zero attached hydrogens (tertiary/aromatic N) is 1. The van der Waals surface area contributed by atoms with Crippen LogP contribution in [-0.4, -0.2) is 12.1 Å². The first-order valence-electron chi connectivity index (χ1n) is 5.56. The average Bonchev–Trinajstić information content (AvgIpc) is 2.81. The highest BCUT2D eigenvalue weighted by atomic mass is 16.5. The molecule has 0 amide bonds.